The molecular formula is C21H28N4O4S2. The van der Waals surface area contributed by atoms with Crippen molar-refractivity contribution >= 4 is 25.7 Å². The van der Waals surface area contributed by atoms with E-state index in [1.54, 1.807) is 14.0 Å². The standard InChI is InChI=1S/C21H28N4O4S2/c1-14-20(13-25(2)22-14)31(28,29)23-18-3-5-19(6-4-18)30(26,27)24-21-10-15-7-16(11-21)9-17(8-15)12-21/h3-6,13,15-17,23-24H,7-12H2,1-2H3. The van der Waals surface area contributed by atoms with Crippen LogP contribution in [0.1, 0.15) is 44.2 Å². The first kappa shape index (κ1) is 21.0. The summed E-state index contributed by atoms with van der Waals surface area (Å²) in [6.07, 6.45) is 7.96. The summed E-state index contributed by atoms with van der Waals surface area (Å²) in [6, 6.07) is 5.88. The monoisotopic (exact) mass is 464 g/mol. The van der Waals surface area contributed by atoms with E-state index in [-0.39, 0.29) is 15.3 Å². The van der Waals surface area contributed by atoms with Gasteiger partial charge < -0.3 is 0 Å². The Morgan fingerprint density at radius 2 is 1.48 bits per heavy atom. The number of rotatable bonds is 6. The van der Waals surface area contributed by atoms with Crippen molar-refractivity contribution in [2.75, 3.05) is 4.72 Å². The van der Waals surface area contributed by atoms with Crippen molar-refractivity contribution < 1.29 is 16.8 Å². The van der Waals surface area contributed by atoms with Crippen LogP contribution in [0.3, 0.4) is 0 Å². The summed E-state index contributed by atoms with van der Waals surface area (Å²) in [5.74, 6) is 1.92. The molecule has 4 aliphatic carbocycles. The van der Waals surface area contributed by atoms with Gasteiger partial charge in [0.05, 0.1) is 10.6 Å². The van der Waals surface area contributed by atoms with E-state index < -0.39 is 20.0 Å². The maximum Gasteiger partial charge on any atom is 0.265 e. The Labute approximate surface area is 183 Å². The quantitative estimate of drug-likeness (QED) is 0.683. The van der Waals surface area contributed by atoms with Gasteiger partial charge in [-0.15, -0.1) is 0 Å². The molecule has 1 aromatic heterocycles. The molecule has 2 aromatic rings. The number of hydrogen-bond acceptors (Lipinski definition) is 5. The molecule has 1 aromatic carbocycles. The topological polar surface area (TPSA) is 110 Å². The summed E-state index contributed by atoms with van der Waals surface area (Å²) >= 11 is 0. The summed E-state index contributed by atoms with van der Waals surface area (Å²) in [7, 11) is -5.83. The highest BCUT2D eigenvalue weighted by Crippen LogP contribution is 2.55. The fraction of sp³-hybridized carbons (Fsp3) is 0.571. The van der Waals surface area contributed by atoms with E-state index in [1.165, 1.54) is 54.4 Å². The maximum atomic E-state index is 13.1. The second kappa shape index (κ2) is 7.05. The van der Waals surface area contributed by atoms with Crippen molar-refractivity contribution in [3.05, 3.63) is 36.2 Å². The Morgan fingerprint density at radius 1 is 0.935 bits per heavy atom. The second-order valence-electron chi connectivity index (χ2n) is 9.69. The fourth-order valence-corrected chi connectivity index (χ4v) is 9.04. The molecule has 4 bridgehead atoms. The molecule has 4 fully saturated rings. The smallest absolute Gasteiger partial charge is 0.265 e. The van der Waals surface area contributed by atoms with Gasteiger partial charge in [-0.3, -0.25) is 9.40 Å². The van der Waals surface area contributed by atoms with E-state index in [4.69, 9.17) is 0 Å². The lowest BCUT2D eigenvalue weighted by Gasteiger charge is -2.56. The molecule has 10 heteroatoms. The van der Waals surface area contributed by atoms with Crippen LogP contribution in [0, 0.1) is 24.7 Å². The van der Waals surface area contributed by atoms with Crippen molar-refractivity contribution in [2.24, 2.45) is 24.8 Å². The first-order valence-corrected chi connectivity index (χ1v) is 13.7. The predicted octanol–water partition coefficient (Wildman–Crippen LogP) is 2.78. The van der Waals surface area contributed by atoms with E-state index in [1.807, 2.05) is 0 Å². The predicted molar refractivity (Wildman–Crippen MR) is 116 cm³/mol. The van der Waals surface area contributed by atoms with Gasteiger partial charge in [0, 0.05) is 24.5 Å². The molecule has 0 saturated heterocycles. The van der Waals surface area contributed by atoms with Gasteiger partial charge in [-0.1, -0.05) is 0 Å². The molecule has 0 atom stereocenters. The Bertz CT molecular complexity index is 1180. The van der Waals surface area contributed by atoms with Crippen molar-refractivity contribution in [3.8, 4) is 0 Å². The first-order chi connectivity index (χ1) is 14.5. The second-order valence-corrected chi connectivity index (χ2v) is 13.0. The van der Waals surface area contributed by atoms with Gasteiger partial charge in [0.1, 0.15) is 4.90 Å². The minimum Gasteiger partial charge on any atom is -0.280 e. The van der Waals surface area contributed by atoms with Crippen molar-refractivity contribution in [3.63, 3.8) is 0 Å². The van der Waals surface area contributed by atoms with Crippen LogP contribution in [-0.4, -0.2) is 32.2 Å². The summed E-state index contributed by atoms with van der Waals surface area (Å²) in [6.45, 7) is 1.63. The van der Waals surface area contributed by atoms with Crippen LogP contribution in [0.2, 0.25) is 0 Å². The van der Waals surface area contributed by atoms with Crippen LogP contribution in [0.25, 0.3) is 0 Å². The Hall–Kier alpha value is -1.91. The third-order valence-corrected chi connectivity index (χ3v) is 10.1. The van der Waals surface area contributed by atoms with Gasteiger partial charge in [0.2, 0.25) is 10.0 Å². The highest BCUT2D eigenvalue weighted by atomic mass is 32.2. The summed E-state index contributed by atoms with van der Waals surface area (Å²) in [5.41, 5.74) is 0.386. The summed E-state index contributed by atoms with van der Waals surface area (Å²) in [4.78, 5) is 0.249. The Kier molecular flexibility index (Phi) is 4.76. The molecule has 4 saturated carbocycles. The lowest BCUT2D eigenvalue weighted by molar-refractivity contribution is -0.00810. The van der Waals surface area contributed by atoms with Gasteiger partial charge in [-0.25, -0.2) is 21.6 Å². The van der Waals surface area contributed by atoms with E-state index in [2.05, 4.69) is 14.5 Å². The molecule has 8 nitrogen and oxygen atoms in total. The third kappa shape index (κ3) is 3.89. The highest BCUT2D eigenvalue weighted by molar-refractivity contribution is 7.92. The van der Waals surface area contributed by atoms with Crippen LogP contribution >= 0.6 is 0 Å². The molecule has 2 N–H and O–H groups in total. The van der Waals surface area contributed by atoms with Crippen molar-refractivity contribution in [2.45, 2.75) is 60.8 Å². The first-order valence-electron chi connectivity index (χ1n) is 10.7. The minimum absolute atomic E-state index is 0.0928. The number of anilines is 1. The lowest BCUT2D eigenvalue weighted by Crippen LogP contribution is -2.59. The molecular weight excluding hydrogens is 436 g/mol. The highest BCUT2D eigenvalue weighted by Gasteiger charge is 2.52. The molecule has 31 heavy (non-hydrogen) atoms. The number of aromatic nitrogens is 2. The van der Waals surface area contributed by atoms with Crippen LogP contribution in [-0.2, 0) is 27.1 Å². The number of aryl methyl sites for hydroxylation is 2. The molecule has 0 amide bonds. The van der Waals surface area contributed by atoms with Crippen LogP contribution in [0.15, 0.2) is 40.3 Å². The van der Waals surface area contributed by atoms with Gasteiger partial charge in [-0.2, -0.15) is 5.10 Å². The normalized spacial score (nSPS) is 29.9. The molecule has 4 aliphatic rings. The van der Waals surface area contributed by atoms with Crippen LogP contribution < -0.4 is 9.44 Å². The molecule has 168 valence electrons. The molecule has 0 unspecified atom stereocenters. The molecule has 0 aliphatic heterocycles. The van der Waals surface area contributed by atoms with E-state index in [9.17, 15) is 16.8 Å². The lowest BCUT2D eigenvalue weighted by atomic mass is 9.53. The summed E-state index contributed by atoms with van der Waals surface area (Å²) in [5, 5.41) is 4.06. The number of sulfonamides is 2. The fourth-order valence-electron chi connectivity index (χ4n) is 6.33. The third-order valence-electron chi connectivity index (χ3n) is 7.06. The molecule has 1 heterocycles. The zero-order chi connectivity index (χ0) is 22.0. The Balaban J connectivity index is 1.33. The zero-order valence-electron chi connectivity index (χ0n) is 17.7. The SMILES string of the molecule is Cc1nn(C)cc1S(=O)(=O)Nc1ccc(S(=O)(=O)NC23CC4CC(CC(C4)C2)C3)cc1. The van der Waals surface area contributed by atoms with Gasteiger partial charge in [-0.05, 0) is 87.5 Å². The summed E-state index contributed by atoms with van der Waals surface area (Å²) < 4.78 is 58.5. The van der Waals surface area contributed by atoms with Crippen molar-refractivity contribution in [1.29, 1.82) is 0 Å². The largest absolute Gasteiger partial charge is 0.280 e. The Morgan fingerprint density at radius 3 is 1.97 bits per heavy atom. The minimum atomic E-state index is -3.81. The number of nitrogens with one attached hydrogen (secondary N) is 2. The van der Waals surface area contributed by atoms with Gasteiger partial charge in [0.25, 0.3) is 10.0 Å². The zero-order valence-corrected chi connectivity index (χ0v) is 19.3. The number of nitrogens with zero attached hydrogens (tertiary/aromatic N) is 2. The van der Waals surface area contributed by atoms with E-state index in [0.29, 0.717) is 29.1 Å². The van der Waals surface area contributed by atoms with Crippen LogP contribution in [0.5, 0.6) is 0 Å². The average molecular weight is 465 g/mol. The van der Waals surface area contributed by atoms with Crippen molar-refractivity contribution in [1.82, 2.24) is 14.5 Å². The van der Waals surface area contributed by atoms with Crippen LogP contribution in [0.4, 0.5) is 5.69 Å². The average Bonchev–Trinajstić information content (AvgIpc) is 2.99. The molecule has 0 radical (unpaired) electrons. The van der Waals surface area contributed by atoms with Gasteiger partial charge >= 0.3 is 0 Å². The van der Waals surface area contributed by atoms with Gasteiger partial charge in [0.15, 0.2) is 0 Å². The molecule has 0 spiro atoms. The molecule has 6 rings (SSSR count). The number of benzene rings is 1. The maximum absolute atomic E-state index is 13.1. The number of hydrogen-bond donors (Lipinski definition) is 2. The van der Waals surface area contributed by atoms with E-state index >= 15 is 0 Å². The van der Waals surface area contributed by atoms with E-state index in [0.717, 1.165) is 19.3 Å².